The number of carboxylic acid groups (broad SMARTS) is 1. The molecule has 0 saturated heterocycles. The number of aliphatic carboxylic acids is 1. The predicted molar refractivity (Wildman–Crippen MR) is 172 cm³/mol. The third-order valence-electron chi connectivity index (χ3n) is 7.68. The lowest BCUT2D eigenvalue weighted by Crippen LogP contribution is -2.26. The van der Waals surface area contributed by atoms with E-state index in [0.29, 0.717) is 77.8 Å². The second-order valence-corrected chi connectivity index (χ2v) is 11.4. The van der Waals surface area contributed by atoms with Crippen LogP contribution in [0.25, 0.3) is 0 Å². The van der Waals surface area contributed by atoms with Crippen LogP contribution < -0.4 is 16.4 Å². The lowest BCUT2D eigenvalue weighted by atomic mass is 9.92. The van der Waals surface area contributed by atoms with E-state index in [9.17, 15) is 14.7 Å². The average molecular weight is 629 g/mol. The summed E-state index contributed by atoms with van der Waals surface area (Å²) in [5.41, 5.74) is 8.66. The second kappa shape index (κ2) is 22.3. The number of carbonyl (C=O) groups is 2. The monoisotopic (exact) mass is 628 g/mol. The molecule has 250 valence electrons. The van der Waals surface area contributed by atoms with Gasteiger partial charge in [0.25, 0.3) is 0 Å². The minimum Gasteiger partial charge on any atom is -0.481 e. The Balaban J connectivity index is 1.24. The van der Waals surface area contributed by atoms with Crippen LogP contribution in [0.3, 0.4) is 0 Å². The van der Waals surface area contributed by atoms with E-state index in [1.54, 1.807) is 12.4 Å². The maximum atomic E-state index is 12.0. The molecule has 2 aromatic rings. The predicted octanol–water partition coefficient (Wildman–Crippen LogP) is 3.43. The highest BCUT2D eigenvalue weighted by Crippen LogP contribution is 2.26. The summed E-state index contributed by atoms with van der Waals surface area (Å²) in [6, 6.07) is 4.35. The summed E-state index contributed by atoms with van der Waals surface area (Å²) in [6.07, 6.45) is 13.4. The molecule has 0 spiro atoms. The molecule has 1 amide bonds. The van der Waals surface area contributed by atoms with Crippen LogP contribution in [0.1, 0.15) is 86.4 Å². The molecule has 0 aliphatic carbocycles. The van der Waals surface area contributed by atoms with Gasteiger partial charge in [-0.3, -0.25) is 9.59 Å². The number of nitrogens with zero attached hydrogens (tertiary/aromatic N) is 3. The Morgan fingerprint density at radius 2 is 1.67 bits per heavy atom. The van der Waals surface area contributed by atoms with Gasteiger partial charge in [0.2, 0.25) is 5.91 Å². The molecule has 0 bridgehead atoms. The van der Waals surface area contributed by atoms with Gasteiger partial charge in [0, 0.05) is 50.6 Å². The van der Waals surface area contributed by atoms with Gasteiger partial charge in [-0.25, -0.2) is 15.0 Å². The maximum absolute atomic E-state index is 12.0. The molecule has 0 radical (unpaired) electrons. The van der Waals surface area contributed by atoms with Crippen molar-refractivity contribution in [3.05, 3.63) is 47.2 Å². The van der Waals surface area contributed by atoms with Gasteiger partial charge in [-0.15, -0.1) is 0 Å². The van der Waals surface area contributed by atoms with Crippen molar-refractivity contribution < 1.29 is 28.9 Å². The van der Waals surface area contributed by atoms with Gasteiger partial charge in [0.1, 0.15) is 11.6 Å². The van der Waals surface area contributed by atoms with Crippen LogP contribution in [0.2, 0.25) is 0 Å². The van der Waals surface area contributed by atoms with E-state index >= 15 is 0 Å². The third kappa shape index (κ3) is 15.6. The fourth-order valence-corrected chi connectivity index (χ4v) is 5.21. The SMILES string of the molecule is NCCOCCOCCOCCC(=O)NCCCc1ncc([C@@H](CCCCCCc2ccc3c(n2)NCCC3)CC(=O)O)cn1. The van der Waals surface area contributed by atoms with Gasteiger partial charge in [-0.2, -0.15) is 0 Å². The summed E-state index contributed by atoms with van der Waals surface area (Å²) in [7, 11) is 0. The molecule has 0 unspecified atom stereocenters. The standard InChI is InChI=1S/C33H52N6O6/c34-14-18-44-20-22-45-21-19-43-17-13-31(40)35-15-6-10-30-37-24-28(25-38-30)27(23-32(41)42)7-3-1-2-4-9-29-12-11-26-8-5-16-36-33(26)39-29/h11-12,24-25,27H,1-10,13-23,34H2,(H,35,40)(H,36,39)(H,41,42)/t27-/m0/s1. The molecule has 3 rings (SSSR count). The summed E-state index contributed by atoms with van der Waals surface area (Å²) in [5.74, 6) is 0.756. The number of pyridine rings is 1. The van der Waals surface area contributed by atoms with Crippen molar-refractivity contribution in [1.82, 2.24) is 20.3 Å². The fraction of sp³-hybridized carbons (Fsp3) is 0.667. The summed E-state index contributed by atoms with van der Waals surface area (Å²) >= 11 is 0. The Kier molecular flexibility index (Phi) is 18.0. The molecular formula is C33H52N6O6. The Hall–Kier alpha value is -3.19. The summed E-state index contributed by atoms with van der Waals surface area (Å²) < 4.78 is 16.0. The van der Waals surface area contributed by atoms with Crippen molar-refractivity contribution in [2.24, 2.45) is 5.73 Å². The zero-order chi connectivity index (χ0) is 32.0. The van der Waals surface area contributed by atoms with Crippen molar-refractivity contribution in [2.75, 3.05) is 64.6 Å². The Morgan fingerprint density at radius 1 is 0.933 bits per heavy atom. The topological polar surface area (TPSA) is 171 Å². The van der Waals surface area contributed by atoms with Gasteiger partial charge in [0.05, 0.1) is 46.1 Å². The van der Waals surface area contributed by atoms with Gasteiger partial charge in [-0.1, -0.05) is 25.3 Å². The van der Waals surface area contributed by atoms with Crippen LogP contribution in [-0.2, 0) is 43.1 Å². The Bertz CT molecular complexity index is 1120. The highest BCUT2D eigenvalue weighted by atomic mass is 16.5. The Labute approximate surface area is 267 Å². The van der Waals surface area contributed by atoms with Gasteiger partial charge in [0.15, 0.2) is 0 Å². The van der Waals surface area contributed by atoms with Crippen molar-refractivity contribution in [1.29, 1.82) is 0 Å². The van der Waals surface area contributed by atoms with Crippen LogP contribution in [0.5, 0.6) is 0 Å². The van der Waals surface area contributed by atoms with E-state index in [2.05, 4.69) is 32.7 Å². The Morgan fingerprint density at radius 3 is 2.42 bits per heavy atom. The van der Waals surface area contributed by atoms with E-state index < -0.39 is 5.97 Å². The highest BCUT2D eigenvalue weighted by molar-refractivity contribution is 5.75. The molecule has 1 aliphatic heterocycles. The fourth-order valence-electron chi connectivity index (χ4n) is 5.21. The van der Waals surface area contributed by atoms with Gasteiger partial charge >= 0.3 is 5.97 Å². The minimum absolute atomic E-state index is 0.0635. The number of nitrogens with two attached hydrogens (primary N) is 1. The first-order valence-electron chi connectivity index (χ1n) is 16.5. The van der Waals surface area contributed by atoms with Crippen LogP contribution >= 0.6 is 0 Å². The largest absolute Gasteiger partial charge is 0.481 e. The summed E-state index contributed by atoms with van der Waals surface area (Å²) in [6.45, 7) is 4.77. The summed E-state index contributed by atoms with van der Waals surface area (Å²) in [4.78, 5) is 37.3. The normalized spacial score (nSPS) is 13.2. The number of hydrogen-bond donors (Lipinski definition) is 4. The number of rotatable bonds is 25. The molecule has 45 heavy (non-hydrogen) atoms. The highest BCUT2D eigenvalue weighted by Gasteiger charge is 2.17. The number of unbranched alkanes of at least 4 members (excludes halogenated alkanes) is 3. The molecule has 3 heterocycles. The molecule has 0 saturated carbocycles. The molecular weight excluding hydrogens is 576 g/mol. The number of carboxylic acids is 1. The quantitative estimate of drug-likeness (QED) is 0.119. The van der Waals surface area contributed by atoms with Crippen LogP contribution in [0.15, 0.2) is 24.5 Å². The number of aromatic nitrogens is 3. The lowest BCUT2D eigenvalue weighted by Gasteiger charge is -2.17. The number of aryl methyl sites for hydroxylation is 3. The van der Waals surface area contributed by atoms with E-state index in [0.717, 1.165) is 75.0 Å². The maximum Gasteiger partial charge on any atom is 0.303 e. The van der Waals surface area contributed by atoms with E-state index in [4.69, 9.17) is 24.9 Å². The first-order chi connectivity index (χ1) is 22.0. The number of nitrogens with one attached hydrogen (secondary N) is 2. The van der Waals surface area contributed by atoms with Crippen LogP contribution in [0.4, 0.5) is 5.82 Å². The zero-order valence-corrected chi connectivity index (χ0v) is 26.6. The summed E-state index contributed by atoms with van der Waals surface area (Å²) in [5, 5.41) is 15.8. The van der Waals surface area contributed by atoms with Crippen molar-refractivity contribution in [3.8, 4) is 0 Å². The van der Waals surface area contributed by atoms with Gasteiger partial charge in [-0.05, 0) is 61.6 Å². The van der Waals surface area contributed by atoms with Gasteiger partial charge < -0.3 is 35.7 Å². The minimum atomic E-state index is -0.810. The molecule has 1 atom stereocenters. The second-order valence-electron chi connectivity index (χ2n) is 11.4. The molecule has 12 nitrogen and oxygen atoms in total. The van der Waals surface area contributed by atoms with E-state index in [1.807, 2.05) is 0 Å². The molecule has 0 aromatic carbocycles. The van der Waals surface area contributed by atoms with E-state index in [1.165, 1.54) is 5.56 Å². The molecule has 0 fully saturated rings. The molecule has 2 aromatic heterocycles. The van der Waals surface area contributed by atoms with Crippen molar-refractivity contribution in [3.63, 3.8) is 0 Å². The molecule has 12 heteroatoms. The number of fused-ring (bicyclic) bond motifs is 1. The number of hydrogen-bond acceptors (Lipinski definition) is 10. The molecule has 5 N–H and O–H groups in total. The third-order valence-corrected chi connectivity index (χ3v) is 7.68. The number of amides is 1. The van der Waals surface area contributed by atoms with Crippen LogP contribution in [0, 0.1) is 0 Å². The van der Waals surface area contributed by atoms with Crippen molar-refractivity contribution >= 4 is 17.7 Å². The number of ether oxygens (including phenoxy) is 3. The zero-order valence-electron chi connectivity index (χ0n) is 26.6. The average Bonchev–Trinajstić information content (AvgIpc) is 3.05. The number of carbonyl (C=O) groups excluding carboxylic acids is 1. The molecule has 1 aliphatic rings. The lowest BCUT2D eigenvalue weighted by molar-refractivity contribution is -0.137. The van der Waals surface area contributed by atoms with Crippen LogP contribution in [-0.4, -0.2) is 91.2 Å². The first kappa shape index (κ1) is 36.3. The first-order valence-corrected chi connectivity index (χ1v) is 16.5. The van der Waals surface area contributed by atoms with Crippen molar-refractivity contribution in [2.45, 2.75) is 83.0 Å². The van der Waals surface area contributed by atoms with E-state index in [-0.39, 0.29) is 18.2 Å². The number of anilines is 1. The smallest absolute Gasteiger partial charge is 0.303 e.